The van der Waals surface area contributed by atoms with Crippen LogP contribution in [0, 0.1) is 0 Å². The lowest BCUT2D eigenvalue weighted by Gasteiger charge is -2.07. The maximum Gasteiger partial charge on any atom is 0.251 e. The summed E-state index contributed by atoms with van der Waals surface area (Å²) in [6.45, 7) is 0.517. The highest BCUT2D eigenvalue weighted by Gasteiger charge is 2.08. The highest BCUT2D eigenvalue weighted by Crippen LogP contribution is 2.25. The number of nitrogens with zero attached hydrogens (tertiary/aromatic N) is 1. The van der Waals surface area contributed by atoms with Gasteiger partial charge in [0.25, 0.3) is 5.91 Å². The second-order valence-electron chi connectivity index (χ2n) is 4.22. The topological polar surface area (TPSA) is 43.3 Å². The van der Waals surface area contributed by atoms with Gasteiger partial charge < -0.3 is 14.6 Å². The molecule has 0 aliphatic rings. The van der Waals surface area contributed by atoms with Crippen molar-refractivity contribution in [3.63, 3.8) is 0 Å². The molecule has 5 heteroatoms. The SMILES string of the molecule is COc1ccc(C(=O)NCc2ccn(C)c2)cc1Br. The summed E-state index contributed by atoms with van der Waals surface area (Å²) in [5.74, 6) is 0.604. The van der Waals surface area contributed by atoms with Gasteiger partial charge in [-0.1, -0.05) is 0 Å². The van der Waals surface area contributed by atoms with Gasteiger partial charge in [-0.15, -0.1) is 0 Å². The number of hydrogen-bond donors (Lipinski definition) is 1. The van der Waals surface area contributed by atoms with Crippen molar-refractivity contribution in [2.75, 3.05) is 7.11 Å². The third kappa shape index (κ3) is 3.38. The number of nitrogens with one attached hydrogen (secondary N) is 1. The van der Waals surface area contributed by atoms with E-state index in [1.807, 2.05) is 30.1 Å². The molecule has 2 aromatic rings. The van der Waals surface area contributed by atoms with E-state index >= 15 is 0 Å². The molecule has 4 nitrogen and oxygen atoms in total. The predicted octanol–water partition coefficient (Wildman–Crippen LogP) is 2.73. The fraction of sp³-hybridized carbons (Fsp3) is 0.214. The molecule has 100 valence electrons. The monoisotopic (exact) mass is 322 g/mol. The molecule has 1 N–H and O–H groups in total. The van der Waals surface area contributed by atoms with Gasteiger partial charge in [-0.25, -0.2) is 0 Å². The molecule has 1 aromatic carbocycles. The Morgan fingerprint density at radius 3 is 2.79 bits per heavy atom. The first-order valence-electron chi connectivity index (χ1n) is 5.82. The molecule has 2 rings (SSSR count). The predicted molar refractivity (Wildman–Crippen MR) is 77.3 cm³/mol. The van der Waals surface area contributed by atoms with Crippen molar-refractivity contribution in [2.45, 2.75) is 6.54 Å². The number of ether oxygens (including phenoxy) is 1. The van der Waals surface area contributed by atoms with Crippen LogP contribution in [-0.4, -0.2) is 17.6 Å². The van der Waals surface area contributed by atoms with Crippen LogP contribution >= 0.6 is 15.9 Å². The number of hydrogen-bond acceptors (Lipinski definition) is 2. The first-order chi connectivity index (χ1) is 9.10. The van der Waals surface area contributed by atoms with Crippen LogP contribution in [0.1, 0.15) is 15.9 Å². The van der Waals surface area contributed by atoms with E-state index in [4.69, 9.17) is 4.74 Å². The minimum Gasteiger partial charge on any atom is -0.496 e. The molecule has 0 saturated heterocycles. The molecule has 0 spiro atoms. The molecule has 1 aromatic heterocycles. The van der Waals surface area contributed by atoms with Gasteiger partial charge in [0.1, 0.15) is 5.75 Å². The zero-order valence-electron chi connectivity index (χ0n) is 10.8. The van der Waals surface area contributed by atoms with Gasteiger partial charge in [-0.05, 0) is 45.8 Å². The fourth-order valence-corrected chi connectivity index (χ4v) is 2.30. The zero-order valence-corrected chi connectivity index (χ0v) is 12.4. The molecule has 0 radical (unpaired) electrons. The molecule has 0 aliphatic heterocycles. The van der Waals surface area contributed by atoms with Crippen LogP contribution in [0.2, 0.25) is 0 Å². The Morgan fingerprint density at radius 1 is 1.42 bits per heavy atom. The Morgan fingerprint density at radius 2 is 2.21 bits per heavy atom. The van der Waals surface area contributed by atoms with Gasteiger partial charge in [0, 0.05) is 31.5 Å². The van der Waals surface area contributed by atoms with Crippen molar-refractivity contribution < 1.29 is 9.53 Å². The molecule has 1 amide bonds. The molecule has 0 fully saturated rings. The lowest BCUT2D eigenvalue weighted by Crippen LogP contribution is -2.22. The van der Waals surface area contributed by atoms with E-state index in [0.29, 0.717) is 17.9 Å². The average molecular weight is 323 g/mol. The first-order valence-corrected chi connectivity index (χ1v) is 6.62. The van der Waals surface area contributed by atoms with E-state index in [0.717, 1.165) is 10.0 Å². The Hall–Kier alpha value is -1.75. The quantitative estimate of drug-likeness (QED) is 0.940. The zero-order chi connectivity index (χ0) is 13.8. The smallest absolute Gasteiger partial charge is 0.251 e. The van der Waals surface area contributed by atoms with Crippen LogP contribution in [-0.2, 0) is 13.6 Å². The lowest BCUT2D eigenvalue weighted by atomic mass is 10.2. The Balaban J connectivity index is 2.01. The summed E-state index contributed by atoms with van der Waals surface area (Å²) in [6, 6.07) is 7.23. The summed E-state index contributed by atoms with van der Waals surface area (Å²) in [7, 11) is 3.54. The second-order valence-corrected chi connectivity index (χ2v) is 5.07. The van der Waals surface area contributed by atoms with Gasteiger partial charge in [-0.2, -0.15) is 0 Å². The van der Waals surface area contributed by atoms with Gasteiger partial charge in [0.05, 0.1) is 11.6 Å². The van der Waals surface area contributed by atoms with E-state index in [1.54, 1.807) is 25.3 Å². The molecule has 0 bridgehead atoms. The molecule has 1 heterocycles. The maximum atomic E-state index is 12.0. The molecule has 0 aliphatic carbocycles. The standard InChI is InChI=1S/C14H15BrN2O2/c1-17-6-5-10(9-17)8-16-14(18)11-3-4-13(19-2)12(15)7-11/h3-7,9H,8H2,1-2H3,(H,16,18). The van der Waals surface area contributed by atoms with E-state index in [9.17, 15) is 4.79 Å². The summed E-state index contributed by atoms with van der Waals surface area (Å²) < 4.78 is 7.85. The second kappa shape index (κ2) is 5.93. The van der Waals surface area contributed by atoms with Crippen molar-refractivity contribution in [3.05, 3.63) is 52.3 Å². The van der Waals surface area contributed by atoms with E-state index in [1.165, 1.54) is 0 Å². The Kier molecular flexibility index (Phi) is 4.27. The van der Waals surface area contributed by atoms with Crippen LogP contribution < -0.4 is 10.1 Å². The van der Waals surface area contributed by atoms with Gasteiger partial charge in [0.2, 0.25) is 0 Å². The number of benzene rings is 1. The van der Waals surface area contributed by atoms with Crippen LogP contribution in [0.15, 0.2) is 41.1 Å². The number of halogens is 1. The highest BCUT2D eigenvalue weighted by molar-refractivity contribution is 9.10. The maximum absolute atomic E-state index is 12.0. The summed E-state index contributed by atoms with van der Waals surface area (Å²) >= 11 is 3.37. The van der Waals surface area contributed by atoms with Crippen molar-refractivity contribution in [1.29, 1.82) is 0 Å². The van der Waals surface area contributed by atoms with Crippen molar-refractivity contribution >= 4 is 21.8 Å². The third-order valence-corrected chi connectivity index (χ3v) is 3.38. The van der Waals surface area contributed by atoms with Crippen molar-refractivity contribution in [2.24, 2.45) is 7.05 Å². The summed E-state index contributed by atoms with van der Waals surface area (Å²) in [5.41, 5.74) is 1.67. The number of methoxy groups -OCH3 is 1. The number of carbonyl (C=O) groups is 1. The van der Waals surface area contributed by atoms with E-state index in [2.05, 4.69) is 21.2 Å². The molecule has 0 unspecified atom stereocenters. The summed E-state index contributed by atoms with van der Waals surface area (Å²) in [6.07, 6.45) is 3.93. The highest BCUT2D eigenvalue weighted by atomic mass is 79.9. The third-order valence-electron chi connectivity index (χ3n) is 2.76. The average Bonchev–Trinajstić information content (AvgIpc) is 2.81. The fourth-order valence-electron chi connectivity index (χ4n) is 1.76. The normalized spacial score (nSPS) is 10.3. The largest absolute Gasteiger partial charge is 0.496 e. The van der Waals surface area contributed by atoms with Crippen LogP contribution in [0.3, 0.4) is 0 Å². The Bertz CT molecular complexity index is 593. The van der Waals surface area contributed by atoms with Crippen molar-refractivity contribution in [3.8, 4) is 5.75 Å². The van der Waals surface area contributed by atoms with Gasteiger partial charge in [-0.3, -0.25) is 4.79 Å². The Labute approximate surface area is 120 Å². The minimum atomic E-state index is -0.104. The first kappa shape index (κ1) is 13.7. The number of amides is 1. The number of rotatable bonds is 4. The van der Waals surface area contributed by atoms with Crippen LogP contribution in [0.25, 0.3) is 0 Å². The van der Waals surface area contributed by atoms with E-state index < -0.39 is 0 Å². The molecule has 19 heavy (non-hydrogen) atoms. The minimum absolute atomic E-state index is 0.104. The lowest BCUT2D eigenvalue weighted by molar-refractivity contribution is 0.0951. The number of carbonyl (C=O) groups excluding carboxylic acids is 1. The van der Waals surface area contributed by atoms with Crippen molar-refractivity contribution in [1.82, 2.24) is 9.88 Å². The van der Waals surface area contributed by atoms with Crippen LogP contribution in [0.5, 0.6) is 5.75 Å². The van der Waals surface area contributed by atoms with Gasteiger partial charge in [0.15, 0.2) is 0 Å². The molecular formula is C14H15BrN2O2. The molecule has 0 saturated carbocycles. The molecular weight excluding hydrogens is 308 g/mol. The number of aryl methyl sites for hydroxylation is 1. The summed E-state index contributed by atoms with van der Waals surface area (Å²) in [5, 5.41) is 2.88. The van der Waals surface area contributed by atoms with Crippen LogP contribution in [0.4, 0.5) is 0 Å². The van der Waals surface area contributed by atoms with Gasteiger partial charge >= 0.3 is 0 Å². The summed E-state index contributed by atoms with van der Waals surface area (Å²) in [4.78, 5) is 12.0. The number of aromatic nitrogens is 1. The molecule has 0 atom stereocenters. The van der Waals surface area contributed by atoms with E-state index in [-0.39, 0.29) is 5.91 Å².